The number of nitrogens with one attached hydrogen (secondary N) is 1. The van der Waals surface area contributed by atoms with Crippen molar-refractivity contribution >= 4 is 11.5 Å². The maximum Gasteiger partial charge on any atom is 0.231 e. The van der Waals surface area contributed by atoms with Gasteiger partial charge in [-0.15, -0.1) is 0 Å². The van der Waals surface area contributed by atoms with Gasteiger partial charge in [0.1, 0.15) is 0 Å². The third-order valence-electron chi connectivity index (χ3n) is 3.21. The van der Waals surface area contributed by atoms with Gasteiger partial charge in [-0.1, -0.05) is 18.2 Å². The Kier molecular flexibility index (Phi) is 3.29. The first-order valence-electron chi connectivity index (χ1n) is 6.49. The number of carbonyl (C=O) groups excluding carboxylic acids is 1. The van der Waals surface area contributed by atoms with Crippen molar-refractivity contribution in [2.45, 2.75) is 13.0 Å². The van der Waals surface area contributed by atoms with E-state index in [1.165, 1.54) is 0 Å². The fraction of sp³-hybridized carbons (Fsp3) is 0.188. The summed E-state index contributed by atoms with van der Waals surface area (Å²) in [7, 11) is 0. The van der Waals surface area contributed by atoms with Crippen molar-refractivity contribution in [1.29, 1.82) is 0 Å². The van der Waals surface area contributed by atoms with E-state index in [9.17, 15) is 4.79 Å². The van der Waals surface area contributed by atoms with Gasteiger partial charge in [-0.2, -0.15) is 0 Å². The highest BCUT2D eigenvalue weighted by molar-refractivity contribution is 6.01. The molecule has 2 aromatic rings. The summed E-state index contributed by atoms with van der Waals surface area (Å²) in [5, 5.41) is 3.19. The molecule has 1 unspecified atom stereocenters. The lowest BCUT2D eigenvalue weighted by Crippen LogP contribution is -2.26. The van der Waals surface area contributed by atoms with Gasteiger partial charge in [0, 0.05) is 11.3 Å². The van der Waals surface area contributed by atoms with E-state index in [0.29, 0.717) is 17.1 Å². The molecule has 1 aliphatic rings. The Morgan fingerprint density at radius 3 is 2.65 bits per heavy atom. The van der Waals surface area contributed by atoms with E-state index in [4.69, 9.17) is 9.47 Å². The molecule has 1 atom stereocenters. The van der Waals surface area contributed by atoms with E-state index < -0.39 is 0 Å². The smallest absolute Gasteiger partial charge is 0.231 e. The van der Waals surface area contributed by atoms with Crippen LogP contribution in [0.1, 0.15) is 17.3 Å². The quantitative estimate of drug-likeness (QED) is 0.866. The topological polar surface area (TPSA) is 47.6 Å². The van der Waals surface area contributed by atoms with Crippen molar-refractivity contribution in [3.8, 4) is 11.5 Å². The zero-order valence-electron chi connectivity index (χ0n) is 11.1. The SMILES string of the molecule is CC(Nc1ccccc1)C(=O)c1ccc2c(c1)OCO2. The van der Waals surface area contributed by atoms with Gasteiger partial charge < -0.3 is 14.8 Å². The highest BCUT2D eigenvalue weighted by Gasteiger charge is 2.19. The minimum absolute atomic E-state index is 0.0205. The summed E-state index contributed by atoms with van der Waals surface area (Å²) in [4.78, 5) is 12.4. The van der Waals surface area contributed by atoms with Crippen LogP contribution in [-0.2, 0) is 0 Å². The number of hydrogen-bond acceptors (Lipinski definition) is 4. The summed E-state index contributed by atoms with van der Waals surface area (Å²) in [5.74, 6) is 1.33. The minimum Gasteiger partial charge on any atom is -0.454 e. The van der Waals surface area contributed by atoms with Crippen LogP contribution in [0, 0.1) is 0 Å². The van der Waals surface area contributed by atoms with Crippen LogP contribution in [0.5, 0.6) is 11.5 Å². The maximum absolute atomic E-state index is 12.4. The summed E-state index contributed by atoms with van der Waals surface area (Å²) < 4.78 is 10.5. The summed E-state index contributed by atoms with van der Waals surface area (Å²) in [6.07, 6.45) is 0. The average molecular weight is 269 g/mol. The molecule has 4 nitrogen and oxygen atoms in total. The Morgan fingerprint density at radius 2 is 1.85 bits per heavy atom. The minimum atomic E-state index is -0.308. The van der Waals surface area contributed by atoms with Crippen molar-refractivity contribution in [2.24, 2.45) is 0 Å². The van der Waals surface area contributed by atoms with Crippen molar-refractivity contribution in [2.75, 3.05) is 12.1 Å². The molecule has 0 aliphatic carbocycles. The molecule has 0 radical (unpaired) electrons. The molecule has 102 valence electrons. The molecule has 2 aromatic carbocycles. The zero-order chi connectivity index (χ0) is 13.9. The molecule has 1 heterocycles. The molecule has 0 fully saturated rings. The Labute approximate surface area is 117 Å². The van der Waals surface area contributed by atoms with Gasteiger partial charge in [0.2, 0.25) is 6.79 Å². The number of rotatable bonds is 4. The van der Waals surface area contributed by atoms with Crippen LogP contribution in [0.25, 0.3) is 0 Å². The Balaban J connectivity index is 1.75. The number of carbonyl (C=O) groups is 1. The first kappa shape index (κ1) is 12.5. The molecule has 0 amide bonds. The van der Waals surface area contributed by atoms with Crippen LogP contribution in [-0.4, -0.2) is 18.6 Å². The number of ketones is 1. The van der Waals surface area contributed by atoms with Gasteiger partial charge >= 0.3 is 0 Å². The summed E-state index contributed by atoms with van der Waals surface area (Å²) in [5.41, 5.74) is 1.54. The lowest BCUT2D eigenvalue weighted by atomic mass is 10.0. The van der Waals surface area contributed by atoms with Crippen molar-refractivity contribution < 1.29 is 14.3 Å². The molecule has 0 saturated carbocycles. The van der Waals surface area contributed by atoms with Crippen molar-refractivity contribution in [3.63, 3.8) is 0 Å². The fourth-order valence-electron chi connectivity index (χ4n) is 2.15. The standard InChI is InChI=1S/C16H15NO3/c1-11(17-13-5-3-2-4-6-13)16(18)12-7-8-14-15(9-12)20-10-19-14/h2-9,11,17H,10H2,1H3. The van der Waals surface area contributed by atoms with Crippen molar-refractivity contribution in [3.05, 3.63) is 54.1 Å². The molecule has 0 aromatic heterocycles. The molecule has 0 saturated heterocycles. The zero-order valence-corrected chi connectivity index (χ0v) is 11.1. The number of ether oxygens (including phenoxy) is 2. The van der Waals surface area contributed by atoms with Crippen LogP contribution in [0.3, 0.4) is 0 Å². The van der Waals surface area contributed by atoms with Gasteiger partial charge in [0.05, 0.1) is 6.04 Å². The van der Waals surface area contributed by atoms with Crippen LogP contribution < -0.4 is 14.8 Å². The summed E-state index contributed by atoms with van der Waals surface area (Å²) >= 11 is 0. The highest BCUT2D eigenvalue weighted by Crippen LogP contribution is 2.32. The number of benzene rings is 2. The second kappa shape index (κ2) is 5.25. The number of hydrogen-bond donors (Lipinski definition) is 1. The predicted molar refractivity (Wildman–Crippen MR) is 76.4 cm³/mol. The Bertz CT molecular complexity index is 625. The van der Waals surface area contributed by atoms with Crippen LogP contribution in [0.15, 0.2) is 48.5 Å². The third-order valence-corrected chi connectivity index (χ3v) is 3.21. The van der Waals surface area contributed by atoms with E-state index in [1.54, 1.807) is 18.2 Å². The monoisotopic (exact) mass is 269 g/mol. The molecular formula is C16H15NO3. The summed E-state index contributed by atoms with van der Waals surface area (Å²) in [6.45, 7) is 2.06. The maximum atomic E-state index is 12.4. The normalized spacial score (nSPS) is 13.8. The second-order valence-electron chi connectivity index (χ2n) is 4.66. The molecule has 4 heteroatoms. The van der Waals surface area contributed by atoms with Crippen LogP contribution >= 0.6 is 0 Å². The van der Waals surface area contributed by atoms with Gasteiger partial charge in [-0.05, 0) is 37.3 Å². The van der Waals surface area contributed by atoms with Crippen LogP contribution in [0.2, 0.25) is 0 Å². The number of Topliss-reactive ketones (excluding diaryl/α,β-unsaturated/α-hetero) is 1. The molecule has 1 N–H and O–H groups in total. The molecule has 0 spiro atoms. The second-order valence-corrected chi connectivity index (χ2v) is 4.66. The molecular weight excluding hydrogens is 254 g/mol. The van der Waals surface area contributed by atoms with E-state index >= 15 is 0 Å². The number of fused-ring (bicyclic) bond motifs is 1. The molecule has 3 rings (SSSR count). The Hall–Kier alpha value is -2.49. The van der Waals surface area contributed by atoms with E-state index in [0.717, 1.165) is 5.69 Å². The molecule has 20 heavy (non-hydrogen) atoms. The number of para-hydroxylation sites is 1. The van der Waals surface area contributed by atoms with Gasteiger partial charge in [-0.25, -0.2) is 0 Å². The lowest BCUT2D eigenvalue weighted by Gasteiger charge is -2.14. The van der Waals surface area contributed by atoms with E-state index in [2.05, 4.69) is 5.32 Å². The van der Waals surface area contributed by atoms with Gasteiger partial charge in [-0.3, -0.25) is 4.79 Å². The Morgan fingerprint density at radius 1 is 1.10 bits per heavy atom. The first-order chi connectivity index (χ1) is 9.74. The molecule has 0 bridgehead atoms. The lowest BCUT2D eigenvalue weighted by molar-refractivity contribution is 0.0975. The van der Waals surface area contributed by atoms with Gasteiger partial charge in [0.25, 0.3) is 0 Å². The molecule has 1 aliphatic heterocycles. The predicted octanol–water partition coefficient (Wildman–Crippen LogP) is 3.10. The highest BCUT2D eigenvalue weighted by atomic mass is 16.7. The third kappa shape index (κ3) is 2.45. The fourth-order valence-corrected chi connectivity index (χ4v) is 2.15. The van der Waals surface area contributed by atoms with E-state index in [1.807, 2.05) is 37.3 Å². The van der Waals surface area contributed by atoms with Crippen molar-refractivity contribution in [1.82, 2.24) is 0 Å². The average Bonchev–Trinajstić information content (AvgIpc) is 2.94. The first-order valence-corrected chi connectivity index (χ1v) is 6.49. The van der Waals surface area contributed by atoms with Gasteiger partial charge in [0.15, 0.2) is 17.3 Å². The van der Waals surface area contributed by atoms with E-state index in [-0.39, 0.29) is 18.6 Å². The number of anilines is 1. The van der Waals surface area contributed by atoms with Crippen LogP contribution in [0.4, 0.5) is 5.69 Å². The largest absolute Gasteiger partial charge is 0.454 e. The summed E-state index contributed by atoms with van der Waals surface area (Å²) in [6, 6.07) is 14.6.